The first-order valence-corrected chi connectivity index (χ1v) is 9.89. The summed E-state index contributed by atoms with van der Waals surface area (Å²) >= 11 is 1.55. The summed E-state index contributed by atoms with van der Waals surface area (Å²) in [6.07, 6.45) is 1.81. The predicted octanol–water partition coefficient (Wildman–Crippen LogP) is 4.65. The SMILES string of the molecule is CCOCCCn1c(NC(=O)c2cc(C)c(CC)s2)nc2ccccc21. The van der Waals surface area contributed by atoms with Crippen molar-refractivity contribution in [2.75, 3.05) is 18.5 Å². The number of rotatable bonds is 8. The van der Waals surface area contributed by atoms with Crippen molar-refractivity contribution in [3.05, 3.63) is 45.6 Å². The lowest BCUT2D eigenvalue weighted by molar-refractivity contribution is 0.102. The molecule has 0 unspecified atom stereocenters. The van der Waals surface area contributed by atoms with Crippen LogP contribution in [0, 0.1) is 6.92 Å². The van der Waals surface area contributed by atoms with Gasteiger partial charge in [-0.25, -0.2) is 4.98 Å². The van der Waals surface area contributed by atoms with Gasteiger partial charge in [-0.3, -0.25) is 10.1 Å². The van der Waals surface area contributed by atoms with Gasteiger partial charge in [-0.05, 0) is 50.5 Å². The molecule has 0 saturated heterocycles. The second kappa shape index (κ2) is 8.47. The van der Waals surface area contributed by atoms with Crippen molar-refractivity contribution in [2.24, 2.45) is 0 Å². The highest BCUT2D eigenvalue weighted by Crippen LogP contribution is 2.25. The van der Waals surface area contributed by atoms with Gasteiger partial charge in [0.25, 0.3) is 5.91 Å². The number of amides is 1. The summed E-state index contributed by atoms with van der Waals surface area (Å²) in [5.41, 5.74) is 3.08. The minimum atomic E-state index is -0.0980. The number of nitrogens with zero attached hydrogens (tertiary/aromatic N) is 2. The molecule has 3 rings (SSSR count). The molecule has 3 aromatic rings. The molecule has 1 amide bonds. The van der Waals surface area contributed by atoms with Crippen LogP contribution in [0.15, 0.2) is 30.3 Å². The number of hydrogen-bond acceptors (Lipinski definition) is 4. The molecule has 2 heterocycles. The van der Waals surface area contributed by atoms with Gasteiger partial charge in [0.2, 0.25) is 5.95 Å². The molecule has 2 aromatic heterocycles. The van der Waals surface area contributed by atoms with Crippen LogP contribution < -0.4 is 5.32 Å². The molecule has 0 aliphatic heterocycles. The maximum Gasteiger partial charge on any atom is 0.268 e. The van der Waals surface area contributed by atoms with Gasteiger partial charge < -0.3 is 9.30 Å². The summed E-state index contributed by atoms with van der Waals surface area (Å²) in [6.45, 7) is 8.31. The van der Waals surface area contributed by atoms with Crippen LogP contribution >= 0.6 is 11.3 Å². The first-order chi connectivity index (χ1) is 12.6. The van der Waals surface area contributed by atoms with Crippen molar-refractivity contribution < 1.29 is 9.53 Å². The molecule has 0 saturated carbocycles. The van der Waals surface area contributed by atoms with Crippen molar-refractivity contribution in [1.82, 2.24) is 9.55 Å². The molecule has 0 radical (unpaired) electrons. The Labute approximate surface area is 158 Å². The lowest BCUT2D eigenvalue weighted by Gasteiger charge is -2.09. The third kappa shape index (κ3) is 3.97. The third-order valence-corrected chi connectivity index (χ3v) is 5.70. The van der Waals surface area contributed by atoms with Gasteiger partial charge in [0.1, 0.15) is 0 Å². The molecule has 1 aromatic carbocycles. The van der Waals surface area contributed by atoms with Crippen LogP contribution in [0.4, 0.5) is 5.95 Å². The van der Waals surface area contributed by atoms with Crippen LogP contribution in [0.1, 0.15) is 40.4 Å². The second-order valence-corrected chi connectivity index (χ2v) is 7.29. The average molecular weight is 372 g/mol. The maximum atomic E-state index is 12.7. The Morgan fingerprint density at radius 1 is 1.31 bits per heavy atom. The van der Waals surface area contributed by atoms with Gasteiger partial charge in [-0.15, -0.1) is 11.3 Å². The van der Waals surface area contributed by atoms with Gasteiger partial charge in [0, 0.05) is 24.6 Å². The van der Waals surface area contributed by atoms with E-state index in [0.29, 0.717) is 19.2 Å². The first-order valence-electron chi connectivity index (χ1n) is 9.07. The Bertz CT molecular complexity index is 898. The lowest BCUT2D eigenvalue weighted by atomic mass is 10.2. The number of aromatic nitrogens is 2. The molecule has 1 N–H and O–H groups in total. The molecule has 0 aliphatic rings. The zero-order valence-electron chi connectivity index (χ0n) is 15.5. The molecule has 138 valence electrons. The predicted molar refractivity (Wildman–Crippen MR) is 107 cm³/mol. The van der Waals surface area contributed by atoms with E-state index in [0.717, 1.165) is 35.3 Å². The number of carbonyl (C=O) groups is 1. The zero-order valence-corrected chi connectivity index (χ0v) is 16.4. The molecular weight excluding hydrogens is 346 g/mol. The molecule has 5 nitrogen and oxygen atoms in total. The molecule has 0 aliphatic carbocycles. The lowest BCUT2D eigenvalue weighted by Crippen LogP contribution is -2.15. The topological polar surface area (TPSA) is 56.1 Å². The van der Waals surface area contributed by atoms with Crippen LogP contribution in [0.3, 0.4) is 0 Å². The number of benzene rings is 1. The number of aryl methyl sites for hydroxylation is 3. The number of imidazole rings is 1. The number of carbonyl (C=O) groups excluding carboxylic acids is 1. The molecular formula is C20H25N3O2S. The molecule has 26 heavy (non-hydrogen) atoms. The van der Waals surface area contributed by atoms with E-state index in [1.54, 1.807) is 11.3 Å². The standard InChI is InChI=1S/C20H25N3O2S/c1-4-17-14(3)13-18(26-17)19(24)22-20-21-15-9-6-7-10-16(15)23(20)11-8-12-25-5-2/h6-7,9-10,13H,4-5,8,11-12H2,1-3H3,(H,21,22,24). The van der Waals surface area contributed by atoms with Crippen LogP contribution in [-0.4, -0.2) is 28.7 Å². The van der Waals surface area contributed by atoms with Crippen molar-refractivity contribution in [1.29, 1.82) is 0 Å². The number of anilines is 1. The smallest absolute Gasteiger partial charge is 0.268 e. The van der Waals surface area contributed by atoms with Crippen molar-refractivity contribution in [3.63, 3.8) is 0 Å². The summed E-state index contributed by atoms with van der Waals surface area (Å²) in [6, 6.07) is 9.91. The Kier molecular flexibility index (Phi) is 6.06. The summed E-state index contributed by atoms with van der Waals surface area (Å²) < 4.78 is 7.51. The Balaban J connectivity index is 1.84. The minimum Gasteiger partial charge on any atom is -0.382 e. The Hall–Kier alpha value is -2.18. The summed E-state index contributed by atoms with van der Waals surface area (Å²) in [5.74, 6) is 0.496. The summed E-state index contributed by atoms with van der Waals surface area (Å²) in [5, 5.41) is 3.00. The largest absolute Gasteiger partial charge is 0.382 e. The van der Waals surface area contributed by atoms with Crippen LogP contribution in [0.2, 0.25) is 0 Å². The van der Waals surface area contributed by atoms with Crippen LogP contribution in [-0.2, 0) is 17.7 Å². The van der Waals surface area contributed by atoms with E-state index >= 15 is 0 Å². The number of fused-ring (bicyclic) bond motifs is 1. The third-order valence-electron chi connectivity index (χ3n) is 4.32. The summed E-state index contributed by atoms with van der Waals surface area (Å²) in [4.78, 5) is 19.3. The normalized spacial score (nSPS) is 11.2. The van der Waals surface area contributed by atoms with Crippen molar-refractivity contribution in [3.8, 4) is 0 Å². The molecule has 0 bridgehead atoms. The zero-order chi connectivity index (χ0) is 18.5. The molecule has 0 fully saturated rings. The fourth-order valence-electron chi connectivity index (χ4n) is 3.01. The fraction of sp³-hybridized carbons (Fsp3) is 0.400. The van der Waals surface area contributed by atoms with Crippen LogP contribution in [0.5, 0.6) is 0 Å². The number of nitrogens with one attached hydrogen (secondary N) is 1. The number of para-hydroxylation sites is 2. The highest BCUT2D eigenvalue weighted by atomic mass is 32.1. The van der Waals surface area contributed by atoms with E-state index in [2.05, 4.69) is 28.7 Å². The Morgan fingerprint density at radius 2 is 2.12 bits per heavy atom. The minimum absolute atomic E-state index is 0.0980. The average Bonchev–Trinajstić information content (AvgIpc) is 3.19. The van der Waals surface area contributed by atoms with Crippen LogP contribution in [0.25, 0.3) is 11.0 Å². The molecule has 0 spiro atoms. The number of hydrogen-bond donors (Lipinski definition) is 1. The van der Waals surface area contributed by atoms with Gasteiger partial charge in [-0.1, -0.05) is 19.1 Å². The van der Waals surface area contributed by atoms with E-state index in [9.17, 15) is 4.79 Å². The van der Waals surface area contributed by atoms with Gasteiger partial charge in [0.15, 0.2) is 0 Å². The highest BCUT2D eigenvalue weighted by Gasteiger charge is 2.16. The first kappa shape index (κ1) is 18.6. The molecule has 0 atom stereocenters. The van der Waals surface area contributed by atoms with E-state index in [4.69, 9.17) is 4.74 Å². The van der Waals surface area contributed by atoms with Crippen molar-refractivity contribution >= 4 is 34.2 Å². The van der Waals surface area contributed by atoms with Gasteiger partial charge in [0.05, 0.1) is 15.9 Å². The quantitative estimate of drug-likeness (QED) is 0.587. The highest BCUT2D eigenvalue weighted by molar-refractivity contribution is 7.14. The van der Waals surface area contributed by atoms with Crippen molar-refractivity contribution in [2.45, 2.75) is 40.2 Å². The maximum absolute atomic E-state index is 12.7. The number of thiophene rings is 1. The van der Waals surface area contributed by atoms with Gasteiger partial charge in [-0.2, -0.15) is 0 Å². The van der Waals surface area contributed by atoms with E-state index in [1.165, 1.54) is 10.4 Å². The van der Waals surface area contributed by atoms with Gasteiger partial charge >= 0.3 is 0 Å². The molecule has 6 heteroatoms. The Morgan fingerprint density at radius 3 is 2.85 bits per heavy atom. The fourth-order valence-corrected chi connectivity index (χ4v) is 4.02. The van der Waals surface area contributed by atoms with E-state index in [-0.39, 0.29) is 5.91 Å². The number of ether oxygens (including phenoxy) is 1. The van der Waals surface area contributed by atoms with E-state index < -0.39 is 0 Å². The van der Waals surface area contributed by atoms with E-state index in [1.807, 2.05) is 37.3 Å². The monoisotopic (exact) mass is 371 g/mol. The summed E-state index contributed by atoms with van der Waals surface area (Å²) in [7, 11) is 0. The second-order valence-electron chi connectivity index (χ2n) is 6.15.